The highest BCUT2D eigenvalue weighted by Gasteiger charge is 2.30. The highest BCUT2D eigenvalue weighted by atomic mass is 32.2. The first kappa shape index (κ1) is 12.6. The fourth-order valence-corrected chi connectivity index (χ4v) is 4.00. The number of benzene rings is 2. The van der Waals surface area contributed by atoms with E-state index in [4.69, 9.17) is 5.73 Å². The zero-order chi connectivity index (χ0) is 13.5. The second kappa shape index (κ2) is 4.59. The predicted molar refractivity (Wildman–Crippen MR) is 75.3 cm³/mol. The van der Waals surface area contributed by atoms with E-state index < -0.39 is 10.0 Å². The minimum Gasteiger partial charge on any atom is -0.326 e. The van der Waals surface area contributed by atoms with Gasteiger partial charge in [0, 0.05) is 19.1 Å². The summed E-state index contributed by atoms with van der Waals surface area (Å²) in [7, 11) is -3.41. The van der Waals surface area contributed by atoms with E-state index in [2.05, 4.69) is 0 Å². The summed E-state index contributed by atoms with van der Waals surface area (Å²) in [5.74, 6) is 0. The molecule has 1 aliphatic heterocycles. The van der Waals surface area contributed by atoms with Crippen LogP contribution in [0.25, 0.3) is 10.8 Å². The van der Waals surface area contributed by atoms with Gasteiger partial charge in [-0.25, -0.2) is 8.42 Å². The Hall–Kier alpha value is -1.43. The maximum absolute atomic E-state index is 12.5. The van der Waals surface area contributed by atoms with E-state index in [1.165, 1.54) is 4.31 Å². The van der Waals surface area contributed by atoms with Crippen molar-refractivity contribution in [3.8, 4) is 0 Å². The summed E-state index contributed by atoms with van der Waals surface area (Å²) < 4.78 is 26.5. The van der Waals surface area contributed by atoms with Crippen LogP contribution in [0.4, 0.5) is 0 Å². The molecule has 1 saturated heterocycles. The van der Waals surface area contributed by atoms with Crippen molar-refractivity contribution in [2.75, 3.05) is 13.1 Å². The van der Waals surface area contributed by atoms with Crippen LogP contribution in [0.5, 0.6) is 0 Å². The molecule has 5 heteroatoms. The maximum Gasteiger partial charge on any atom is 0.243 e. The number of fused-ring (bicyclic) bond motifs is 1. The lowest BCUT2D eigenvalue weighted by molar-refractivity contribution is 0.472. The minimum atomic E-state index is -3.41. The van der Waals surface area contributed by atoms with E-state index in [0.717, 1.165) is 17.2 Å². The zero-order valence-electron chi connectivity index (χ0n) is 10.5. The molecule has 3 rings (SSSR count). The van der Waals surface area contributed by atoms with Gasteiger partial charge in [-0.15, -0.1) is 0 Å². The van der Waals surface area contributed by atoms with Crippen molar-refractivity contribution in [2.45, 2.75) is 17.4 Å². The van der Waals surface area contributed by atoms with Crippen LogP contribution in [0.1, 0.15) is 6.42 Å². The van der Waals surface area contributed by atoms with Crippen LogP contribution in [0.2, 0.25) is 0 Å². The lowest BCUT2D eigenvalue weighted by atomic mass is 10.1. The molecular formula is C14H16N2O2S. The van der Waals surface area contributed by atoms with Crippen molar-refractivity contribution in [1.29, 1.82) is 0 Å². The monoisotopic (exact) mass is 276 g/mol. The largest absolute Gasteiger partial charge is 0.326 e. The average molecular weight is 276 g/mol. The molecule has 1 unspecified atom stereocenters. The molecule has 19 heavy (non-hydrogen) atoms. The van der Waals surface area contributed by atoms with E-state index in [0.29, 0.717) is 18.0 Å². The van der Waals surface area contributed by atoms with Gasteiger partial charge in [-0.2, -0.15) is 4.31 Å². The van der Waals surface area contributed by atoms with Crippen molar-refractivity contribution in [3.63, 3.8) is 0 Å². The Morgan fingerprint density at radius 3 is 2.53 bits per heavy atom. The van der Waals surface area contributed by atoms with E-state index in [1.54, 1.807) is 12.1 Å². The molecule has 1 fully saturated rings. The van der Waals surface area contributed by atoms with E-state index >= 15 is 0 Å². The molecule has 0 radical (unpaired) electrons. The third kappa shape index (κ3) is 2.25. The van der Waals surface area contributed by atoms with Crippen molar-refractivity contribution < 1.29 is 8.42 Å². The van der Waals surface area contributed by atoms with Gasteiger partial charge in [0.2, 0.25) is 10.0 Å². The van der Waals surface area contributed by atoms with E-state index in [9.17, 15) is 8.42 Å². The molecule has 1 aliphatic rings. The SMILES string of the molecule is NC1CCN(S(=O)(=O)c2ccc3ccccc3c2)C1. The first-order chi connectivity index (χ1) is 9.07. The second-order valence-electron chi connectivity index (χ2n) is 4.92. The molecule has 0 aromatic heterocycles. The predicted octanol–water partition coefficient (Wildman–Crippen LogP) is 1.56. The quantitative estimate of drug-likeness (QED) is 0.905. The summed E-state index contributed by atoms with van der Waals surface area (Å²) >= 11 is 0. The van der Waals surface area contributed by atoms with Crippen LogP contribution >= 0.6 is 0 Å². The van der Waals surface area contributed by atoms with Gasteiger partial charge in [-0.3, -0.25) is 0 Å². The first-order valence-corrected chi connectivity index (χ1v) is 7.76. The molecule has 0 saturated carbocycles. The maximum atomic E-state index is 12.5. The Morgan fingerprint density at radius 2 is 1.84 bits per heavy atom. The average Bonchev–Trinajstić information content (AvgIpc) is 2.85. The topological polar surface area (TPSA) is 63.4 Å². The molecule has 0 aliphatic carbocycles. The highest BCUT2D eigenvalue weighted by molar-refractivity contribution is 7.89. The smallest absolute Gasteiger partial charge is 0.243 e. The lowest BCUT2D eigenvalue weighted by Crippen LogP contribution is -2.31. The summed E-state index contributed by atoms with van der Waals surface area (Å²) in [6, 6.07) is 12.9. The third-order valence-electron chi connectivity index (χ3n) is 3.55. The van der Waals surface area contributed by atoms with Crippen LogP contribution in [-0.2, 0) is 10.0 Å². The molecule has 0 spiro atoms. The van der Waals surface area contributed by atoms with E-state index in [1.807, 2.05) is 30.3 Å². The van der Waals surface area contributed by atoms with Crippen LogP contribution in [0, 0.1) is 0 Å². The first-order valence-electron chi connectivity index (χ1n) is 6.32. The third-order valence-corrected chi connectivity index (χ3v) is 5.41. The molecule has 0 amide bonds. The van der Waals surface area contributed by atoms with Crippen LogP contribution in [-0.4, -0.2) is 31.9 Å². The van der Waals surface area contributed by atoms with E-state index in [-0.39, 0.29) is 6.04 Å². The molecule has 0 bridgehead atoms. The van der Waals surface area contributed by atoms with Crippen LogP contribution in [0.3, 0.4) is 0 Å². The van der Waals surface area contributed by atoms with Gasteiger partial charge >= 0.3 is 0 Å². The standard InChI is InChI=1S/C14H16N2O2S/c15-13-7-8-16(10-13)19(17,18)14-6-5-11-3-1-2-4-12(11)9-14/h1-6,9,13H,7-8,10,15H2. The van der Waals surface area contributed by atoms with Crippen molar-refractivity contribution in [3.05, 3.63) is 42.5 Å². The Labute approximate surface area is 112 Å². The molecule has 1 atom stereocenters. The van der Waals surface area contributed by atoms with Crippen molar-refractivity contribution >= 4 is 20.8 Å². The number of hydrogen-bond donors (Lipinski definition) is 1. The molecular weight excluding hydrogens is 260 g/mol. The normalized spacial score (nSPS) is 21.0. The highest BCUT2D eigenvalue weighted by Crippen LogP contribution is 2.24. The van der Waals surface area contributed by atoms with Crippen molar-refractivity contribution in [1.82, 2.24) is 4.31 Å². The summed E-state index contributed by atoms with van der Waals surface area (Å²) in [5.41, 5.74) is 5.78. The molecule has 2 aromatic carbocycles. The second-order valence-corrected chi connectivity index (χ2v) is 6.86. The summed E-state index contributed by atoms with van der Waals surface area (Å²) in [6.45, 7) is 0.922. The van der Waals surface area contributed by atoms with Crippen LogP contribution < -0.4 is 5.73 Å². The Bertz CT molecular complexity index is 712. The van der Waals surface area contributed by atoms with Gasteiger partial charge in [-0.1, -0.05) is 30.3 Å². The molecule has 2 aromatic rings. The van der Waals surface area contributed by atoms with Gasteiger partial charge in [0.25, 0.3) is 0 Å². The molecule has 2 N–H and O–H groups in total. The minimum absolute atomic E-state index is 0.0461. The summed E-state index contributed by atoms with van der Waals surface area (Å²) in [4.78, 5) is 0.348. The fourth-order valence-electron chi connectivity index (χ4n) is 2.45. The Kier molecular flexibility index (Phi) is 3.05. The lowest BCUT2D eigenvalue weighted by Gasteiger charge is -2.16. The number of rotatable bonds is 2. The van der Waals surface area contributed by atoms with Gasteiger partial charge in [0.1, 0.15) is 0 Å². The summed E-state index contributed by atoms with van der Waals surface area (Å²) in [5, 5.41) is 1.98. The number of nitrogens with zero attached hydrogens (tertiary/aromatic N) is 1. The Morgan fingerprint density at radius 1 is 1.11 bits per heavy atom. The molecule has 100 valence electrons. The van der Waals surface area contributed by atoms with Crippen LogP contribution in [0.15, 0.2) is 47.4 Å². The number of hydrogen-bond acceptors (Lipinski definition) is 3. The van der Waals surface area contributed by atoms with Gasteiger partial charge < -0.3 is 5.73 Å². The zero-order valence-corrected chi connectivity index (χ0v) is 11.3. The Balaban J connectivity index is 2.03. The number of sulfonamides is 1. The van der Waals surface area contributed by atoms with Crippen molar-refractivity contribution in [2.24, 2.45) is 5.73 Å². The fraction of sp³-hybridized carbons (Fsp3) is 0.286. The summed E-state index contributed by atoms with van der Waals surface area (Å²) in [6.07, 6.45) is 0.729. The van der Waals surface area contributed by atoms with Gasteiger partial charge in [0.05, 0.1) is 4.90 Å². The van der Waals surface area contributed by atoms with Gasteiger partial charge in [-0.05, 0) is 29.3 Å². The van der Waals surface area contributed by atoms with Gasteiger partial charge in [0.15, 0.2) is 0 Å². The molecule has 1 heterocycles. The number of nitrogens with two attached hydrogens (primary N) is 1. The molecule has 4 nitrogen and oxygen atoms in total.